The second-order valence-electron chi connectivity index (χ2n) is 13.0. The van der Waals surface area contributed by atoms with Gasteiger partial charge in [0.2, 0.25) is 0 Å². The summed E-state index contributed by atoms with van der Waals surface area (Å²) in [6, 6.07) is 6.78. The molecule has 6 rings (SSSR count). The Bertz CT molecular complexity index is 1250. The van der Waals surface area contributed by atoms with Gasteiger partial charge in [0.25, 0.3) is 0 Å². The lowest BCUT2D eigenvalue weighted by Crippen LogP contribution is -2.44. The molecule has 4 aliphatic rings. The molecule has 4 fully saturated rings. The maximum absolute atomic E-state index is 13.9. The number of anilines is 4. The molecule has 4 aliphatic heterocycles. The summed E-state index contributed by atoms with van der Waals surface area (Å²) in [5.74, 6) is 0. The second-order valence-corrected chi connectivity index (χ2v) is 13.0. The fourth-order valence-electron chi connectivity index (χ4n) is 7.54. The van der Waals surface area contributed by atoms with Gasteiger partial charge in [-0.25, -0.2) is 4.79 Å². The average Bonchev–Trinajstić information content (AvgIpc) is 3.76. The van der Waals surface area contributed by atoms with Crippen LogP contribution in [0.15, 0.2) is 36.4 Å². The molecule has 0 spiro atoms. The zero-order valence-corrected chi connectivity index (χ0v) is 25.9. The smallest absolute Gasteiger partial charge is 0.371 e. The van der Waals surface area contributed by atoms with Crippen molar-refractivity contribution in [3.63, 3.8) is 0 Å². The van der Waals surface area contributed by atoms with E-state index in [1.165, 1.54) is 37.8 Å². The van der Waals surface area contributed by atoms with Crippen LogP contribution in [-0.2, 0) is 12.4 Å². The number of amides is 2. The fraction of sp³-hybridized carbons (Fsp3) is 0.606. The number of alkyl halides is 6. The van der Waals surface area contributed by atoms with Crippen LogP contribution in [0.1, 0.15) is 62.5 Å². The molecule has 2 aromatic carbocycles. The molecule has 0 atom stereocenters. The van der Waals surface area contributed by atoms with Crippen molar-refractivity contribution in [2.24, 2.45) is 0 Å². The van der Waals surface area contributed by atoms with E-state index in [-0.39, 0.29) is 11.4 Å². The first kappa shape index (κ1) is 32.7. The number of nitrogens with zero attached hydrogens (tertiary/aromatic N) is 4. The number of carbonyl (C=O) groups excluding carboxylic acids is 1. The van der Waals surface area contributed by atoms with Crippen molar-refractivity contribution in [2.45, 2.75) is 75.8 Å². The number of hydrogen-bond acceptors (Lipinski definition) is 5. The number of urea groups is 1. The van der Waals surface area contributed by atoms with E-state index in [0.29, 0.717) is 49.6 Å². The van der Waals surface area contributed by atoms with Gasteiger partial charge in [0.05, 0.1) is 11.1 Å². The zero-order chi connectivity index (χ0) is 32.5. The van der Waals surface area contributed by atoms with Gasteiger partial charge >= 0.3 is 18.4 Å². The predicted molar refractivity (Wildman–Crippen MR) is 168 cm³/mol. The number of halogens is 6. The highest BCUT2D eigenvalue weighted by Crippen LogP contribution is 2.38. The van der Waals surface area contributed by atoms with Crippen molar-refractivity contribution >= 4 is 28.8 Å². The molecule has 13 heteroatoms. The minimum Gasteiger partial charge on any atom is -0.371 e. The third kappa shape index (κ3) is 7.84. The SMILES string of the molecule is O=C(Nc1cc(N2CCC(N3CCCC3)CC2)cc(C(F)(F)F)c1)Nc1cc(N2CCC(N3CCCC3)CC2)cc(C(F)(F)F)c1. The van der Waals surface area contributed by atoms with Crippen LogP contribution in [0.4, 0.5) is 53.9 Å². The molecule has 2 N–H and O–H groups in total. The highest BCUT2D eigenvalue weighted by Gasteiger charge is 2.35. The summed E-state index contributed by atoms with van der Waals surface area (Å²) in [4.78, 5) is 21.7. The summed E-state index contributed by atoms with van der Waals surface area (Å²) in [6.07, 6.45) is -1.24. The van der Waals surface area contributed by atoms with Gasteiger partial charge in [-0.2, -0.15) is 26.3 Å². The van der Waals surface area contributed by atoms with E-state index >= 15 is 0 Å². The van der Waals surface area contributed by atoms with E-state index in [0.717, 1.165) is 76.1 Å². The minimum absolute atomic E-state index is 0.0832. The highest BCUT2D eigenvalue weighted by molar-refractivity contribution is 6.00. The Hall–Kier alpha value is -3.19. The maximum atomic E-state index is 13.9. The van der Waals surface area contributed by atoms with Gasteiger partial charge in [0.15, 0.2) is 0 Å². The van der Waals surface area contributed by atoms with Crippen molar-refractivity contribution in [1.82, 2.24) is 9.80 Å². The molecule has 2 aromatic rings. The van der Waals surface area contributed by atoms with Gasteiger partial charge in [-0.3, -0.25) is 0 Å². The molecule has 252 valence electrons. The van der Waals surface area contributed by atoms with Crippen LogP contribution in [0.25, 0.3) is 0 Å². The lowest BCUT2D eigenvalue weighted by atomic mass is 10.0. The van der Waals surface area contributed by atoms with Gasteiger partial charge in [0.1, 0.15) is 0 Å². The summed E-state index contributed by atoms with van der Waals surface area (Å²) >= 11 is 0. The monoisotopic (exact) mass is 652 g/mol. The molecular weight excluding hydrogens is 610 g/mol. The van der Waals surface area contributed by atoms with Crippen molar-refractivity contribution in [3.8, 4) is 0 Å². The first-order valence-corrected chi connectivity index (χ1v) is 16.4. The largest absolute Gasteiger partial charge is 0.416 e. The first-order chi connectivity index (χ1) is 21.9. The topological polar surface area (TPSA) is 54.1 Å². The first-order valence-electron chi connectivity index (χ1n) is 16.4. The Balaban J connectivity index is 1.15. The molecule has 2 amide bonds. The Labute approximate surface area is 265 Å². The Morgan fingerprint density at radius 1 is 0.543 bits per heavy atom. The van der Waals surface area contributed by atoms with Crippen molar-refractivity contribution in [3.05, 3.63) is 47.5 Å². The Kier molecular flexibility index (Phi) is 9.61. The minimum atomic E-state index is -4.64. The molecule has 0 aromatic heterocycles. The lowest BCUT2D eigenvalue weighted by Gasteiger charge is -2.38. The van der Waals surface area contributed by atoms with E-state index in [9.17, 15) is 31.1 Å². The predicted octanol–water partition coefficient (Wildman–Crippen LogP) is 7.50. The molecule has 7 nitrogen and oxygen atoms in total. The molecule has 0 aliphatic carbocycles. The molecule has 4 saturated heterocycles. The summed E-state index contributed by atoms with van der Waals surface area (Å²) in [5.41, 5.74) is -1.27. The number of nitrogens with one attached hydrogen (secondary N) is 2. The fourth-order valence-corrected chi connectivity index (χ4v) is 7.54. The Morgan fingerprint density at radius 2 is 0.891 bits per heavy atom. The molecule has 4 heterocycles. The summed E-state index contributed by atoms with van der Waals surface area (Å²) in [5, 5.41) is 4.89. The summed E-state index contributed by atoms with van der Waals surface area (Å²) in [6.45, 7) is 6.60. The lowest BCUT2D eigenvalue weighted by molar-refractivity contribution is -0.138. The van der Waals surface area contributed by atoms with E-state index in [1.807, 2.05) is 9.80 Å². The average molecular weight is 653 g/mol. The highest BCUT2D eigenvalue weighted by atomic mass is 19.4. The van der Waals surface area contributed by atoms with Crippen molar-refractivity contribution in [1.29, 1.82) is 0 Å². The normalized spacial score (nSPS) is 21.3. The number of carbonyl (C=O) groups is 1. The van der Waals surface area contributed by atoms with Gasteiger partial charge in [-0.05, 0) is 114 Å². The quantitative estimate of drug-likeness (QED) is 0.317. The van der Waals surface area contributed by atoms with Crippen LogP contribution in [0.2, 0.25) is 0 Å². The number of likely N-dealkylation sites (tertiary alicyclic amines) is 2. The third-order valence-electron chi connectivity index (χ3n) is 9.98. The van der Waals surface area contributed by atoms with Crippen LogP contribution in [0.3, 0.4) is 0 Å². The number of hydrogen-bond donors (Lipinski definition) is 2. The van der Waals surface area contributed by atoms with Crippen LogP contribution in [0, 0.1) is 0 Å². The number of rotatable bonds is 6. The van der Waals surface area contributed by atoms with E-state index in [1.54, 1.807) is 0 Å². The van der Waals surface area contributed by atoms with Crippen LogP contribution >= 0.6 is 0 Å². The summed E-state index contributed by atoms with van der Waals surface area (Å²) in [7, 11) is 0. The molecule has 0 radical (unpaired) electrons. The number of benzene rings is 2. The van der Waals surface area contributed by atoms with Crippen molar-refractivity contribution in [2.75, 3.05) is 72.8 Å². The van der Waals surface area contributed by atoms with E-state index in [2.05, 4.69) is 20.4 Å². The zero-order valence-electron chi connectivity index (χ0n) is 25.9. The van der Waals surface area contributed by atoms with Gasteiger partial charge in [0, 0.05) is 61.0 Å². The third-order valence-corrected chi connectivity index (χ3v) is 9.98. The van der Waals surface area contributed by atoms with Gasteiger partial charge < -0.3 is 30.2 Å². The van der Waals surface area contributed by atoms with E-state index in [4.69, 9.17) is 0 Å². The van der Waals surface area contributed by atoms with Crippen LogP contribution in [-0.4, -0.2) is 80.3 Å². The van der Waals surface area contributed by atoms with Gasteiger partial charge in [-0.1, -0.05) is 0 Å². The maximum Gasteiger partial charge on any atom is 0.416 e. The van der Waals surface area contributed by atoms with Crippen molar-refractivity contribution < 1.29 is 31.1 Å². The summed E-state index contributed by atoms with van der Waals surface area (Å²) < 4.78 is 83.3. The second kappa shape index (κ2) is 13.5. The van der Waals surface area contributed by atoms with Crippen LogP contribution < -0.4 is 20.4 Å². The Morgan fingerprint density at radius 3 is 1.22 bits per heavy atom. The number of piperidine rings is 2. The van der Waals surface area contributed by atoms with Crippen LogP contribution in [0.5, 0.6) is 0 Å². The molecule has 0 bridgehead atoms. The van der Waals surface area contributed by atoms with Gasteiger partial charge in [-0.15, -0.1) is 0 Å². The molecule has 0 saturated carbocycles. The molecular formula is C33H42F6N6O. The van der Waals surface area contributed by atoms with E-state index < -0.39 is 29.5 Å². The standard InChI is InChI=1S/C33H42F6N6O/c34-32(35,36)23-17-25(21-29(19-23)44-13-5-27(6-14-44)42-9-1-2-10-42)40-31(46)41-26-18-24(33(37,38)39)20-30(22-26)45-15-7-28(8-16-45)43-11-3-4-12-43/h17-22,27-28H,1-16H2,(H2,40,41,46). The molecule has 46 heavy (non-hydrogen) atoms. The molecule has 0 unspecified atom stereocenters.